The third-order valence-corrected chi connectivity index (χ3v) is 5.10. The number of thioether (sulfide) groups is 1. The Hall–Kier alpha value is -2.55. The zero-order valence-corrected chi connectivity index (χ0v) is 16.8. The molecule has 1 aromatic carbocycles. The van der Waals surface area contributed by atoms with E-state index >= 15 is 0 Å². The van der Waals surface area contributed by atoms with Crippen molar-refractivity contribution < 1.29 is 23.9 Å². The molecule has 1 aliphatic rings. The van der Waals surface area contributed by atoms with Gasteiger partial charge in [0.25, 0.3) is 11.8 Å². The zero-order valence-electron chi connectivity index (χ0n) is 16.0. The lowest BCUT2D eigenvalue weighted by Gasteiger charge is -2.15. The summed E-state index contributed by atoms with van der Waals surface area (Å²) in [7, 11) is 0. The smallest absolute Gasteiger partial charge is 0.325 e. The number of benzene rings is 1. The van der Waals surface area contributed by atoms with Gasteiger partial charge in [-0.05, 0) is 38.2 Å². The van der Waals surface area contributed by atoms with Crippen LogP contribution in [0, 0.1) is 0 Å². The van der Waals surface area contributed by atoms with Crippen molar-refractivity contribution in [2.75, 3.05) is 25.4 Å². The van der Waals surface area contributed by atoms with Crippen LogP contribution in [-0.2, 0) is 19.1 Å². The monoisotopic (exact) mass is 407 g/mol. The first-order chi connectivity index (χ1) is 13.3. The van der Waals surface area contributed by atoms with Crippen LogP contribution in [0.1, 0.15) is 26.7 Å². The Morgan fingerprint density at radius 3 is 2.57 bits per heavy atom. The summed E-state index contributed by atoms with van der Waals surface area (Å²) in [6.45, 7) is 3.22. The molecule has 4 amide bonds. The fourth-order valence-electron chi connectivity index (χ4n) is 2.50. The SMILES string of the molecule is CC1(C)NC(=O)N(CCC(=O)OCC(=O)NCCCSc2ccccc2)C1=O. The standard InChI is InChI=1S/C19H25N3O5S/c1-19(2)17(25)22(18(26)21-19)11-9-16(24)27-13-15(23)20-10-6-12-28-14-7-4-3-5-8-14/h3-5,7-8H,6,9-13H2,1-2H3,(H,20,23)(H,21,26). The molecule has 0 bridgehead atoms. The summed E-state index contributed by atoms with van der Waals surface area (Å²) >= 11 is 1.71. The summed E-state index contributed by atoms with van der Waals surface area (Å²) in [5.74, 6) is -0.544. The van der Waals surface area contributed by atoms with E-state index in [1.165, 1.54) is 4.90 Å². The molecule has 9 heteroatoms. The van der Waals surface area contributed by atoms with Crippen LogP contribution in [0.2, 0.25) is 0 Å². The van der Waals surface area contributed by atoms with Crippen molar-refractivity contribution >= 4 is 35.6 Å². The molecule has 1 aliphatic heterocycles. The number of nitrogens with one attached hydrogen (secondary N) is 2. The number of hydrogen-bond donors (Lipinski definition) is 2. The summed E-state index contributed by atoms with van der Waals surface area (Å²) in [6.07, 6.45) is 0.636. The molecule has 8 nitrogen and oxygen atoms in total. The van der Waals surface area contributed by atoms with Crippen molar-refractivity contribution in [3.63, 3.8) is 0 Å². The summed E-state index contributed by atoms with van der Waals surface area (Å²) in [6, 6.07) is 9.45. The maximum absolute atomic E-state index is 12.0. The quantitative estimate of drug-likeness (QED) is 0.264. The fraction of sp³-hybridized carbons (Fsp3) is 0.474. The van der Waals surface area contributed by atoms with Gasteiger partial charge >= 0.3 is 12.0 Å². The molecule has 0 radical (unpaired) electrons. The average molecular weight is 407 g/mol. The van der Waals surface area contributed by atoms with Crippen molar-refractivity contribution in [3.05, 3.63) is 30.3 Å². The van der Waals surface area contributed by atoms with Gasteiger partial charge < -0.3 is 15.4 Å². The predicted octanol–water partition coefficient (Wildman–Crippen LogP) is 1.55. The first-order valence-electron chi connectivity index (χ1n) is 9.04. The molecule has 0 aromatic heterocycles. The van der Waals surface area contributed by atoms with E-state index in [0.717, 1.165) is 17.1 Å². The van der Waals surface area contributed by atoms with Gasteiger partial charge in [0.05, 0.1) is 6.42 Å². The normalized spacial score (nSPS) is 15.3. The van der Waals surface area contributed by atoms with Crippen LogP contribution in [0.15, 0.2) is 35.2 Å². The van der Waals surface area contributed by atoms with Gasteiger partial charge in [-0.15, -0.1) is 11.8 Å². The molecule has 2 N–H and O–H groups in total. The average Bonchev–Trinajstić information content (AvgIpc) is 2.86. The highest BCUT2D eigenvalue weighted by Gasteiger charge is 2.44. The minimum atomic E-state index is -0.973. The first kappa shape index (κ1) is 21.7. The third kappa shape index (κ3) is 6.56. The Kier molecular flexibility index (Phi) is 7.86. The second-order valence-corrected chi connectivity index (χ2v) is 7.96. The Morgan fingerprint density at radius 1 is 1.21 bits per heavy atom. The molecule has 1 saturated heterocycles. The van der Waals surface area contributed by atoms with Crippen LogP contribution in [-0.4, -0.2) is 59.7 Å². The van der Waals surface area contributed by atoms with E-state index in [2.05, 4.69) is 10.6 Å². The predicted molar refractivity (Wildman–Crippen MR) is 105 cm³/mol. The number of carbonyl (C=O) groups excluding carboxylic acids is 4. The molecule has 0 saturated carbocycles. The highest BCUT2D eigenvalue weighted by molar-refractivity contribution is 7.99. The van der Waals surface area contributed by atoms with E-state index in [1.807, 2.05) is 30.3 Å². The highest BCUT2D eigenvalue weighted by atomic mass is 32.2. The number of hydrogen-bond acceptors (Lipinski definition) is 6. The summed E-state index contributed by atoms with van der Waals surface area (Å²) < 4.78 is 4.89. The van der Waals surface area contributed by atoms with Crippen molar-refractivity contribution in [1.29, 1.82) is 0 Å². The molecule has 28 heavy (non-hydrogen) atoms. The van der Waals surface area contributed by atoms with Crippen molar-refractivity contribution in [2.24, 2.45) is 0 Å². The fourth-order valence-corrected chi connectivity index (χ4v) is 3.37. The topological polar surface area (TPSA) is 105 Å². The molecular formula is C19H25N3O5S. The second-order valence-electron chi connectivity index (χ2n) is 6.79. The largest absolute Gasteiger partial charge is 0.456 e. The van der Waals surface area contributed by atoms with Crippen LogP contribution >= 0.6 is 11.8 Å². The number of esters is 1. The van der Waals surface area contributed by atoms with E-state index in [0.29, 0.717) is 6.54 Å². The molecule has 0 atom stereocenters. The van der Waals surface area contributed by atoms with E-state index in [4.69, 9.17) is 4.74 Å². The number of urea groups is 1. The Bertz CT molecular complexity index is 724. The van der Waals surface area contributed by atoms with Crippen LogP contribution < -0.4 is 10.6 Å². The van der Waals surface area contributed by atoms with Gasteiger partial charge in [0.2, 0.25) is 0 Å². The maximum Gasteiger partial charge on any atom is 0.325 e. The summed E-state index contributed by atoms with van der Waals surface area (Å²) in [5.41, 5.74) is -0.973. The van der Waals surface area contributed by atoms with E-state index in [1.54, 1.807) is 25.6 Å². The molecule has 1 fully saturated rings. The van der Waals surface area contributed by atoms with Gasteiger partial charge in [0.1, 0.15) is 5.54 Å². The van der Waals surface area contributed by atoms with Crippen LogP contribution in [0.5, 0.6) is 0 Å². The van der Waals surface area contributed by atoms with Crippen molar-refractivity contribution in [2.45, 2.75) is 37.1 Å². The molecule has 1 heterocycles. The zero-order chi connectivity index (χ0) is 20.6. The van der Waals surface area contributed by atoms with Gasteiger partial charge in [-0.1, -0.05) is 18.2 Å². The lowest BCUT2D eigenvalue weighted by atomic mass is 10.1. The molecular weight excluding hydrogens is 382 g/mol. The highest BCUT2D eigenvalue weighted by Crippen LogP contribution is 2.17. The van der Waals surface area contributed by atoms with E-state index in [9.17, 15) is 19.2 Å². The summed E-state index contributed by atoms with van der Waals surface area (Å²) in [4.78, 5) is 49.3. The lowest BCUT2D eigenvalue weighted by Crippen LogP contribution is -2.40. The van der Waals surface area contributed by atoms with Gasteiger partial charge in [0, 0.05) is 18.0 Å². The number of ether oxygens (including phenoxy) is 1. The van der Waals surface area contributed by atoms with Gasteiger partial charge in [-0.3, -0.25) is 19.3 Å². The molecule has 1 aromatic rings. The Morgan fingerprint density at radius 2 is 1.93 bits per heavy atom. The molecule has 0 unspecified atom stereocenters. The first-order valence-corrected chi connectivity index (χ1v) is 10.0. The van der Waals surface area contributed by atoms with Gasteiger partial charge in [0.15, 0.2) is 6.61 Å². The number of amides is 4. The number of imide groups is 1. The lowest BCUT2D eigenvalue weighted by molar-refractivity contribution is -0.149. The molecule has 152 valence electrons. The van der Waals surface area contributed by atoms with Crippen molar-refractivity contribution in [1.82, 2.24) is 15.5 Å². The molecule has 2 rings (SSSR count). The number of carbonyl (C=O) groups is 4. The minimum Gasteiger partial charge on any atom is -0.456 e. The van der Waals surface area contributed by atoms with Gasteiger partial charge in [-0.2, -0.15) is 0 Å². The Labute approximate surface area is 168 Å². The minimum absolute atomic E-state index is 0.0781. The van der Waals surface area contributed by atoms with Crippen molar-refractivity contribution in [3.8, 4) is 0 Å². The Balaban J connectivity index is 1.55. The van der Waals surface area contributed by atoms with Crippen LogP contribution in [0.25, 0.3) is 0 Å². The van der Waals surface area contributed by atoms with Crippen LogP contribution in [0.4, 0.5) is 4.79 Å². The second kappa shape index (κ2) is 10.1. The van der Waals surface area contributed by atoms with E-state index < -0.39 is 23.4 Å². The summed E-state index contributed by atoms with van der Waals surface area (Å²) in [5, 5.41) is 5.22. The maximum atomic E-state index is 12.0. The van der Waals surface area contributed by atoms with E-state index in [-0.39, 0.29) is 25.5 Å². The van der Waals surface area contributed by atoms with Crippen LogP contribution in [0.3, 0.4) is 0 Å². The number of nitrogens with zero attached hydrogens (tertiary/aromatic N) is 1. The van der Waals surface area contributed by atoms with Gasteiger partial charge in [-0.25, -0.2) is 4.79 Å². The molecule has 0 spiro atoms. The number of rotatable bonds is 10. The molecule has 0 aliphatic carbocycles. The third-order valence-electron chi connectivity index (χ3n) is 4.00.